The van der Waals surface area contributed by atoms with E-state index < -0.39 is 5.91 Å². The number of anilines is 4. The van der Waals surface area contributed by atoms with E-state index in [0.29, 0.717) is 27.2 Å². The van der Waals surface area contributed by atoms with E-state index in [4.69, 9.17) is 22.1 Å². The maximum atomic E-state index is 12.9. The molecule has 33 heavy (non-hydrogen) atoms. The Hall–Kier alpha value is -3.99. The van der Waals surface area contributed by atoms with Crippen LogP contribution in [0, 0.1) is 18.3 Å². The van der Waals surface area contributed by atoms with Gasteiger partial charge in [0.25, 0.3) is 5.91 Å². The number of ether oxygens (including phenoxy) is 1. The van der Waals surface area contributed by atoms with Gasteiger partial charge < -0.3 is 21.1 Å². The molecule has 8 heteroatoms. The average molecular weight is 475 g/mol. The summed E-state index contributed by atoms with van der Waals surface area (Å²) in [7, 11) is 0. The van der Waals surface area contributed by atoms with Crippen molar-refractivity contribution in [1.29, 1.82) is 5.26 Å². The van der Waals surface area contributed by atoms with Gasteiger partial charge in [-0.25, -0.2) is 0 Å². The first kappa shape index (κ1) is 22.2. The summed E-state index contributed by atoms with van der Waals surface area (Å²) < 4.78 is 5.76. The zero-order chi connectivity index (χ0) is 23.4. The molecule has 1 heterocycles. The van der Waals surface area contributed by atoms with Crippen molar-refractivity contribution in [1.82, 2.24) is 0 Å². The van der Waals surface area contributed by atoms with Crippen molar-refractivity contribution >= 4 is 50.9 Å². The van der Waals surface area contributed by atoms with Crippen LogP contribution in [0.4, 0.5) is 22.1 Å². The fourth-order valence-electron chi connectivity index (χ4n) is 3.01. The van der Waals surface area contributed by atoms with E-state index in [2.05, 4.69) is 16.7 Å². The van der Waals surface area contributed by atoms with Crippen molar-refractivity contribution in [3.05, 3.63) is 93.8 Å². The minimum absolute atomic E-state index is 0.150. The second kappa shape index (κ2) is 9.65. The monoisotopic (exact) mass is 474 g/mol. The van der Waals surface area contributed by atoms with Gasteiger partial charge in [0, 0.05) is 16.4 Å². The number of nitrogens with two attached hydrogens (primary N) is 1. The van der Waals surface area contributed by atoms with Gasteiger partial charge in [-0.3, -0.25) is 4.79 Å². The summed E-state index contributed by atoms with van der Waals surface area (Å²) >= 11 is 7.02. The van der Waals surface area contributed by atoms with Crippen LogP contribution in [-0.2, 0) is 0 Å². The zero-order valence-corrected chi connectivity index (χ0v) is 19.1. The Bertz CT molecular complexity index is 1330. The largest absolute Gasteiger partial charge is 0.457 e. The van der Waals surface area contributed by atoms with Gasteiger partial charge in [-0.2, -0.15) is 5.26 Å². The second-order valence-electron chi connectivity index (χ2n) is 7.19. The molecule has 4 N–H and O–H groups in total. The molecule has 3 aromatic carbocycles. The van der Waals surface area contributed by atoms with Gasteiger partial charge in [0.1, 0.15) is 33.0 Å². The van der Waals surface area contributed by atoms with Gasteiger partial charge in [-0.15, -0.1) is 11.3 Å². The summed E-state index contributed by atoms with van der Waals surface area (Å²) in [5, 5.41) is 16.7. The standard InChI is InChI=1S/C25H19ClN4O2S/c1-15-2-6-18(7-3-15)30-25-21(14-27)22(28)23(33-25)24(31)29-17-8-12-20(13-9-17)32-19-10-4-16(26)5-11-19/h2-13,30H,28H2,1H3,(H,29,31). The van der Waals surface area contributed by atoms with Crippen LogP contribution in [0.25, 0.3) is 0 Å². The summed E-state index contributed by atoms with van der Waals surface area (Å²) in [6.45, 7) is 1.99. The summed E-state index contributed by atoms with van der Waals surface area (Å²) in [4.78, 5) is 13.1. The summed E-state index contributed by atoms with van der Waals surface area (Å²) in [5.41, 5.74) is 9.02. The van der Waals surface area contributed by atoms with Crippen molar-refractivity contribution in [3.63, 3.8) is 0 Å². The lowest BCUT2D eigenvalue weighted by molar-refractivity contribution is 0.103. The maximum Gasteiger partial charge on any atom is 0.267 e. The first-order valence-corrected chi connectivity index (χ1v) is 11.1. The SMILES string of the molecule is Cc1ccc(Nc2sc(C(=O)Nc3ccc(Oc4ccc(Cl)cc4)cc3)c(N)c2C#N)cc1. The van der Waals surface area contributed by atoms with Crippen molar-refractivity contribution in [2.45, 2.75) is 6.92 Å². The molecule has 4 aromatic rings. The average Bonchev–Trinajstić information content (AvgIpc) is 3.13. The Labute approximate surface area is 200 Å². The third-order valence-electron chi connectivity index (χ3n) is 4.73. The summed E-state index contributed by atoms with van der Waals surface area (Å²) in [6, 6.07) is 23.8. The van der Waals surface area contributed by atoms with Crippen molar-refractivity contribution in [3.8, 4) is 17.6 Å². The highest BCUT2D eigenvalue weighted by atomic mass is 35.5. The Morgan fingerprint density at radius 2 is 1.55 bits per heavy atom. The number of nitrogens with zero attached hydrogens (tertiary/aromatic N) is 1. The number of nitrogen functional groups attached to an aromatic ring is 1. The lowest BCUT2D eigenvalue weighted by Crippen LogP contribution is -2.12. The van der Waals surface area contributed by atoms with E-state index in [1.165, 1.54) is 0 Å². The third-order valence-corrected chi connectivity index (χ3v) is 6.11. The van der Waals surface area contributed by atoms with Crippen molar-refractivity contribution in [2.24, 2.45) is 0 Å². The van der Waals surface area contributed by atoms with E-state index >= 15 is 0 Å². The van der Waals surface area contributed by atoms with Gasteiger partial charge in [-0.1, -0.05) is 29.3 Å². The predicted molar refractivity (Wildman–Crippen MR) is 134 cm³/mol. The van der Waals surface area contributed by atoms with Gasteiger partial charge in [0.05, 0.1) is 5.69 Å². The fraction of sp³-hybridized carbons (Fsp3) is 0.0400. The zero-order valence-electron chi connectivity index (χ0n) is 17.6. The predicted octanol–water partition coefficient (Wildman–Crippen LogP) is 6.95. The van der Waals surface area contributed by atoms with Crippen LogP contribution in [0.5, 0.6) is 11.5 Å². The number of benzene rings is 3. The molecule has 0 saturated carbocycles. The van der Waals surface area contributed by atoms with Crippen LogP contribution < -0.4 is 21.1 Å². The Morgan fingerprint density at radius 3 is 2.15 bits per heavy atom. The van der Waals surface area contributed by atoms with Gasteiger partial charge in [0.2, 0.25) is 0 Å². The summed E-state index contributed by atoms with van der Waals surface area (Å²) in [6.07, 6.45) is 0. The number of hydrogen-bond acceptors (Lipinski definition) is 6. The molecule has 0 unspecified atom stereocenters. The molecule has 0 radical (unpaired) electrons. The molecule has 4 rings (SSSR count). The molecular weight excluding hydrogens is 456 g/mol. The molecule has 164 valence electrons. The van der Waals surface area contributed by atoms with Crippen LogP contribution in [0.3, 0.4) is 0 Å². The lowest BCUT2D eigenvalue weighted by atomic mass is 10.2. The van der Waals surface area contributed by atoms with E-state index in [-0.39, 0.29) is 16.1 Å². The van der Waals surface area contributed by atoms with E-state index in [9.17, 15) is 10.1 Å². The molecule has 0 aliphatic carbocycles. The highest BCUT2D eigenvalue weighted by molar-refractivity contribution is 7.19. The van der Waals surface area contributed by atoms with Crippen LogP contribution >= 0.6 is 22.9 Å². The topological polar surface area (TPSA) is 100 Å². The number of carbonyl (C=O) groups is 1. The van der Waals surface area contributed by atoms with E-state index in [0.717, 1.165) is 22.6 Å². The number of thiophene rings is 1. The molecule has 0 bridgehead atoms. The smallest absolute Gasteiger partial charge is 0.267 e. The number of hydrogen-bond donors (Lipinski definition) is 3. The van der Waals surface area contributed by atoms with Crippen LogP contribution in [-0.4, -0.2) is 5.91 Å². The lowest BCUT2D eigenvalue weighted by Gasteiger charge is -2.08. The molecule has 0 atom stereocenters. The van der Waals surface area contributed by atoms with Gasteiger partial charge >= 0.3 is 0 Å². The van der Waals surface area contributed by atoms with Gasteiger partial charge in [0.15, 0.2) is 0 Å². The molecule has 6 nitrogen and oxygen atoms in total. The van der Waals surface area contributed by atoms with E-state index in [1.54, 1.807) is 48.5 Å². The van der Waals surface area contributed by atoms with Crippen LogP contribution in [0.15, 0.2) is 72.8 Å². The Morgan fingerprint density at radius 1 is 0.970 bits per heavy atom. The number of nitriles is 1. The molecule has 0 spiro atoms. The van der Waals surface area contributed by atoms with E-state index in [1.807, 2.05) is 31.2 Å². The van der Waals surface area contributed by atoms with Crippen molar-refractivity contribution < 1.29 is 9.53 Å². The van der Waals surface area contributed by atoms with Crippen LogP contribution in [0.2, 0.25) is 5.02 Å². The number of rotatable bonds is 6. The molecule has 0 saturated heterocycles. The second-order valence-corrected chi connectivity index (χ2v) is 8.64. The molecule has 0 aliphatic rings. The molecule has 0 fully saturated rings. The number of nitrogens with one attached hydrogen (secondary N) is 2. The minimum atomic E-state index is -0.391. The highest BCUT2D eigenvalue weighted by Gasteiger charge is 2.21. The normalized spacial score (nSPS) is 10.3. The van der Waals surface area contributed by atoms with Gasteiger partial charge in [-0.05, 0) is 67.6 Å². The molecular formula is C25H19ClN4O2S. The Balaban J connectivity index is 1.47. The minimum Gasteiger partial charge on any atom is -0.457 e. The first-order chi connectivity index (χ1) is 15.9. The number of halogens is 1. The molecule has 1 aromatic heterocycles. The fourth-order valence-corrected chi connectivity index (χ4v) is 4.12. The van der Waals surface area contributed by atoms with Crippen LogP contribution in [0.1, 0.15) is 20.8 Å². The number of carbonyl (C=O) groups excluding carboxylic acids is 1. The summed E-state index contributed by atoms with van der Waals surface area (Å²) in [5.74, 6) is 0.875. The molecule has 0 aliphatic heterocycles. The number of amides is 1. The quantitative estimate of drug-likeness (QED) is 0.280. The third kappa shape index (κ3) is 5.26. The van der Waals surface area contributed by atoms with Crippen molar-refractivity contribution in [2.75, 3.05) is 16.4 Å². The highest BCUT2D eigenvalue weighted by Crippen LogP contribution is 2.37. The first-order valence-electron chi connectivity index (χ1n) is 9.94. The maximum absolute atomic E-state index is 12.9. The molecule has 1 amide bonds. The number of aryl methyl sites for hydroxylation is 1. The Kier molecular flexibility index (Phi) is 6.50.